The summed E-state index contributed by atoms with van der Waals surface area (Å²) in [7, 11) is -13.5. The van der Waals surface area contributed by atoms with Crippen molar-refractivity contribution in [2.75, 3.05) is 18.0 Å². The molecule has 2 N–H and O–H groups in total. The summed E-state index contributed by atoms with van der Waals surface area (Å²) < 4.78 is 107. The predicted molar refractivity (Wildman–Crippen MR) is 215 cm³/mol. The molecular formula is C37H37AlN2Na2O9S3. The normalized spacial score (nSPS) is 13.1. The monoisotopic (exact) mass is 822 g/mol. The molecule has 11 nitrogen and oxygen atoms in total. The molecule has 0 aromatic heterocycles. The van der Waals surface area contributed by atoms with Gasteiger partial charge in [-0.3, -0.25) is 0 Å². The van der Waals surface area contributed by atoms with Crippen LogP contribution < -0.4 is 10.5 Å². The maximum atomic E-state index is 12.3. The molecule has 0 heterocycles. The van der Waals surface area contributed by atoms with Gasteiger partial charge < -0.3 is 4.55 Å². The van der Waals surface area contributed by atoms with Crippen molar-refractivity contribution < 1.29 is 43.5 Å². The number of hydrogen-bond acceptors (Lipinski definition) is 8. The summed E-state index contributed by atoms with van der Waals surface area (Å²) in [5.74, 6) is 0. The van der Waals surface area contributed by atoms with E-state index in [1.54, 1.807) is 30.3 Å². The Balaban J connectivity index is 0.00000650. The van der Waals surface area contributed by atoms with Crippen LogP contribution in [-0.2, 0) is 43.4 Å². The van der Waals surface area contributed by atoms with Crippen LogP contribution in [0.1, 0.15) is 36.1 Å². The average molecular weight is 823 g/mol. The summed E-state index contributed by atoms with van der Waals surface area (Å²) in [5.41, 5.74) is 5.70. The molecule has 0 atom stereocenters. The molecule has 4 aromatic rings. The number of hydrogen-bond donors (Lipinski definition) is 2. The Morgan fingerprint density at radius 3 is 2.00 bits per heavy atom. The van der Waals surface area contributed by atoms with Crippen molar-refractivity contribution in [1.82, 2.24) is 0 Å². The summed E-state index contributed by atoms with van der Waals surface area (Å²) in [6.45, 7) is 5.62. The maximum absolute atomic E-state index is 12.3. The third-order valence-corrected chi connectivity index (χ3v) is 14.7. The Bertz CT molecular complexity index is 2520. The van der Waals surface area contributed by atoms with E-state index in [2.05, 4.69) is 0 Å². The standard InChI is InChI=1S/C37H34N2O9S3.Al.2Na.3H/c1-3-38(25-27-9-7-12-34(23-27)49(40,41)42)32-19-15-28(16-20-32)37(30-11-8-13-35(24-30)50(43,44)45)29-17-21-33(22-18-29)39(4-2)26-31-10-5-6-14-36(31)51(46,47)48;;;;;;/h5-13,15-23H,3-4,25-26H2,1-2H3,(H2-,40,41,42,43,44,45,46,47,48);;;;;;. The van der Waals surface area contributed by atoms with Gasteiger partial charge >= 0.3 is 320 Å². The van der Waals surface area contributed by atoms with Gasteiger partial charge in [0.1, 0.15) is 10.1 Å². The van der Waals surface area contributed by atoms with E-state index < -0.39 is 30.4 Å². The van der Waals surface area contributed by atoms with E-state index in [-0.39, 0.29) is 38.6 Å². The van der Waals surface area contributed by atoms with Gasteiger partial charge in [-0.05, 0) is 6.07 Å². The molecule has 0 aliphatic heterocycles. The van der Waals surface area contributed by atoms with Gasteiger partial charge in [-0.25, -0.2) is 8.42 Å². The van der Waals surface area contributed by atoms with E-state index in [0.29, 0.717) is 97.8 Å². The van der Waals surface area contributed by atoms with Crippen molar-refractivity contribution in [2.45, 2.75) is 41.6 Å². The van der Waals surface area contributed by atoms with Crippen LogP contribution in [0.2, 0.25) is 0 Å². The van der Waals surface area contributed by atoms with Gasteiger partial charge in [0.25, 0.3) is 0 Å². The van der Waals surface area contributed by atoms with E-state index in [1.807, 2.05) is 78.0 Å². The minimum atomic E-state index is -4.60. The summed E-state index contributed by atoms with van der Waals surface area (Å²) in [5, 5.41) is 0. The van der Waals surface area contributed by atoms with Crippen LogP contribution in [0.25, 0.3) is 5.57 Å². The van der Waals surface area contributed by atoms with E-state index in [4.69, 9.17) is 0 Å². The number of anilines is 1. The Morgan fingerprint density at radius 1 is 0.796 bits per heavy atom. The number of benzene rings is 4. The fraction of sp³-hybridized carbons (Fsp3) is 0.162. The molecule has 272 valence electrons. The number of nitrogens with zero attached hydrogens (tertiary/aromatic N) is 2. The largest absolute Gasteiger partial charge is 0.187 e. The van der Waals surface area contributed by atoms with Crippen LogP contribution in [0.3, 0.4) is 0 Å². The van der Waals surface area contributed by atoms with Crippen molar-refractivity contribution in [1.29, 1.82) is 0 Å². The zero-order chi connectivity index (χ0) is 38.7. The first-order chi connectivity index (χ1) is 24.9. The molecule has 0 radical (unpaired) electrons. The summed E-state index contributed by atoms with van der Waals surface area (Å²) in [4.78, 5) is 1.49. The molecule has 5 rings (SSSR count). The van der Waals surface area contributed by atoms with Gasteiger partial charge in [-0.15, -0.1) is 0 Å². The first-order valence-electron chi connectivity index (χ1n) is 16.7. The van der Waals surface area contributed by atoms with Crippen molar-refractivity contribution in [2.24, 2.45) is 0 Å². The van der Waals surface area contributed by atoms with Gasteiger partial charge in [0.2, 0.25) is 0 Å². The molecule has 0 fully saturated rings. The average Bonchev–Trinajstić information content (AvgIpc) is 3.10. The maximum Gasteiger partial charge on any atom is 0.187 e. The first-order valence-corrected chi connectivity index (χ1v) is 23.0. The van der Waals surface area contributed by atoms with Gasteiger partial charge in [-0.2, -0.15) is 0 Å². The zero-order valence-corrected chi connectivity index (χ0v) is 36.0. The SMILES string of the molecule is CCN(Cc1ccc[c]([Na])c1S(=O)(=O)O)c1ccc(C(=C2C=CC(=[N+](CC)Cc3cccc(S(=O)(=O)[O-])c3)C=C2)c2cccc(S(=O)(=O)O)[c]2[Na])cc1.[AlH3]. The van der Waals surface area contributed by atoms with Crippen LogP contribution in [0.15, 0.2) is 129 Å². The fourth-order valence-corrected chi connectivity index (χ4v) is 11.4. The van der Waals surface area contributed by atoms with Crippen LogP contribution >= 0.6 is 0 Å². The molecular weight excluding hydrogens is 786 g/mol. The minimum absolute atomic E-state index is 0. The molecule has 0 bridgehead atoms. The second-order valence-electron chi connectivity index (χ2n) is 12.5. The van der Waals surface area contributed by atoms with E-state index >= 15 is 0 Å². The fourth-order valence-electron chi connectivity index (χ4n) is 6.52. The van der Waals surface area contributed by atoms with Crippen molar-refractivity contribution in [3.8, 4) is 0 Å². The Kier molecular flexibility index (Phi) is 15.2. The second-order valence-corrected chi connectivity index (χ2v) is 18.7. The second kappa shape index (κ2) is 18.4. The van der Waals surface area contributed by atoms with Gasteiger partial charge in [0, 0.05) is 0 Å². The molecule has 0 amide bonds. The van der Waals surface area contributed by atoms with Crippen LogP contribution in [0.5, 0.6) is 0 Å². The first kappa shape index (κ1) is 44.5. The zero-order valence-electron chi connectivity index (χ0n) is 29.6. The van der Waals surface area contributed by atoms with E-state index in [9.17, 15) is 38.9 Å². The van der Waals surface area contributed by atoms with Crippen molar-refractivity contribution in [3.63, 3.8) is 0 Å². The van der Waals surface area contributed by atoms with E-state index in [1.165, 1.54) is 24.3 Å². The minimum Gasteiger partial charge on any atom is 0.187 e. The summed E-state index contributed by atoms with van der Waals surface area (Å²) in [6, 6.07) is 23.5. The third-order valence-electron chi connectivity index (χ3n) is 9.11. The number of allylic oxidation sites excluding steroid dienone is 5. The topological polar surface area (TPSA) is 172 Å². The predicted octanol–water partition coefficient (Wildman–Crippen LogP) is 2.12. The van der Waals surface area contributed by atoms with Gasteiger partial charge in [0.15, 0.2) is 17.4 Å². The third kappa shape index (κ3) is 10.6. The van der Waals surface area contributed by atoms with Crippen LogP contribution in [0.4, 0.5) is 5.69 Å². The molecule has 1 aliphatic carbocycles. The molecule has 1 aliphatic rings. The molecule has 54 heavy (non-hydrogen) atoms. The smallest absolute Gasteiger partial charge is 0.187 e. The Hall–Kier alpha value is -2.17. The molecule has 0 saturated heterocycles. The van der Waals surface area contributed by atoms with Gasteiger partial charge in [0.05, 0.1) is 0 Å². The van der Waals surface area contributed by atoms with Crippen molar-refractivity contribution in [3.05, 3.63) is 137 Å². The Morgan fingerprint density at radius 2 is 1.43 bits per heavy atom. The summed E-state index contributed by atoms with van der Waals surface area (Å²) >= 11 is 0.744. The quantitative estimate of drug-likeness (QED) is 0.123. The number of rotatable bonds is 12. The molecule has 0 unspecified atom stereocenters. The Labute approximate surface area is 362 Å². The molecule has 17 heteroatoms. The van der Waals surface area contributed by atoms with E-state index in [0.717, 1.165) is 28.1 Å². The molecule has 4 aromatic carbocycles. The van der Waals surface area contributed by atoms with Crippen molar-refractivity contribution >= 4 is 126 Å². The van der Waals surface area contributed by atoms with Crippen LogP contribution in [-0.4, -0.2) is 136 Å². The molecule has 0 saturated carbocycles. The van der Waals surface area contributed by atoms with Crippen LogP contribution in [0, 0.1) is 0 Å². The van der Waals surface area contributed by atoms with Gasteiger partial charge in [-0.1, -0.05) is 0 Å². The summed E-state index contributed by atoms with van der Waals surface area (Å²) in [6.07, 6.45) is 7.66. The molecule has 0 spiro atoms.